The van der Waals surface area contributed by atoms with E-state index in [0.29, 0.717) is 12.6 Å². The van der Waals surface area contributed by atoms with E-state index in [0.717, 1.165) is 30.8 Å². The van der Waals surface area contributed by atoms with Gasteiger partial charge in [0.15, 0.2) is 0 Å². The van der Waals surface area contributed by atoms with Gasteiger partial charge in [-0.3, -0.25) is 0 Å². The third-order valence-electron chi connectivity index (χ3n) is 3.89. The minimum absolute atomic E-state index is 0.160. The maximum Gasteiger partial charge on any atom is 0.123 e. The summed E-state index contributed by atoms with van der Waals surface area (Å²) in [7, 11) is 0. The van der Waals surface area contributed by atoms with Crippen LogP contribution in [0.4, 0.5) is 10.1 Å². The minimum Gasteiger partial charge on any atom is -0.367 e. The fourth-order valence-corrected chi connectivity index (χ4v) is 3.66. The molecule has 112 valence electrons. The summed E-state index contributed by atoms with van der Waals surface area (Å²) in [5.74, 6) is -0.160. The molecule has 0 saturated carbocycles. The Morgan fingerprint density at radius 1 is 1.33 bits per heavy atom. The summed E-state index contributed by atoms with van der Waals surface area (Å²) >= 11 is 1.84. The van der Waals surface area contributed by atoms with Crippen LogP contribution in [0.3, 0.4) is 0 Å². The Balaban J connectivity index is 1.84. The van der Waals surface area contributed by atoms with Crippen LogP contribution in [0.1, 0.15) is 29.9 Å². The molecular formula is C17H21FN2S. The average Bonchev–Trinajstić information content (AvgIpc) is 2.92. The molecule has 0 spiro atoms. The monoisotopic (exact) mass is 304 g/mol. The first kappa shape index (κ1) is 14.5. The molecule has 0 saturated heterocycles. The predicted molar refractivity (Wildman–Crippen MR) is 87.4 cm³/mol. The van der Waals surface area contributed by atoms with Gasteiger partial charge in [0.25, 0.3) is 0 Å². The molecule has 2 heterocycles. The summed E-state index contributed by atoms with van der Waals surface area (Å²) in [5, 5.41) is 5.56. The maximum atomic E-state index is 13.6. The lowest BCUT2D eigenvalue weighted by Crippen LogP contribution is -2.31. The molecule has 0 aliphatic carbocycles. The fraction of sp³-hybridized carbons (Fsp3) is 0.412. The molecule has 2 nitrogen and oxygen atoms in total. The first-order chi connectivity index (χ1) is 10.1. The van der Waals surface area contributed by atoms with Crippen LogP contribution in [0, 0.1) is 5.82 Å². The molecule has 1 aliphatic rings. The van der Waals surface area contributed by atoms with Crippen LogP contribution in [0.5, 0.6) is 0 Å². The lowest BCUT2D eigenvalue weighted by atomic mass is 10.1. The Hall–Kier alpha value is -1.39. The molecule has 0 bridgehead atoms. The summed E-state index contributed by atoms with van der Waals surface area (Å²) in [5.41, 5.74) is 3.61. The van der Waals surface area contributed by atoms with Gasteiger partial charge in [0.1, 0.15) is 5.82 Å². The van der Waals surface area contributed by atoms with Crippen molar-refractivity contribution in [2.24, 2.45) is 0 Å². The molecule has 4 heteroatoms. The van der Waals surface area contributed by atoms with E-state index in [-0.39, 0.29) is 5.82 Å². The van der Waals surface area contributed by atoms with Gasteiger partial charge in [0, 0.05) is 36.2 Å². The first-order valence-corrected chi connectivity index (χ1v) is 8.33. The highest BCUT2D eigenvalue weighted by atomic mass is 32.1. The van der Waals surface area contributed by atoms with E-state index in [2.05, 4.69) is 35.5 Å². The van der Waals surface area contributed by atoms with Gasteiger partial charge in [0.05, 0.1) is 0 Å². The van der Waals surface area contributed by atoms with Crippen LogP contribution >= 0.6 is 11.3 Å². The molecular weight excluding hydrogens is 283 g/mol. The second-order valence-electron chi connectivity index (χ2n) is 5.85. The largest absolute Gasteiger partial charge is 0.367 e. The smallest absolute Gasteiger partial charge is 0.123 e. The first-order valence-electron chi connectivity index (χ1n) is 7.45. The zero-order valence-corrected chi connectivity index (χ0v) is 13.3. The summed E-state index contributed by atoms with van der Waals surface area (Å²) in [6.07, 6.45) is 1.08. The van der Waals surface area contributed by atoms with Crippen molar-refractivity contribution in [2.75, 3.05) is 11.4 Å². The Morgan fingerprint density at radius 2 is 2.19 bits per heavy atom. The van der Waals surface area contributed by atoms with Crippen LogP contribution in [0.25, 0.3) is 0 Å². The van der Waals surface area contributed by atoms with Crippen molar-refractivity contribution in [1.82, 2.24) is 5.32 Å². The quantitative estimate of drug-likeness (QED) is 0.920. The van der Waals surface area contributed by atoms with Crippen LogP contribution in [0.15, 0.2) is 29.6 Å². The van der Waals surface area contributed by atoms with Crippen molar-refractivity contribution in [1.29, 1.82) is 0 Å². The van der Waals surface area contributed by atoms with Crippen molar-refractivity contribution in [3.63, 3.8) is 0 Å². The minimum atomic E-state index is -0.160. The SMILES string of the molecule is CC(C)NCc1cc(F)ccc1N1CCc2sccc2C1. The maximum absolute atomic E-state index is 13.6. The van der Waals surface area contributed by atoms with Crippen molar-refractivity contribution < 1.29 is 4.39 Å². The van der Waals surface area contributed by atoms with Gasteiger partial charge in [-0.1, -0.05) is 13.8 Å². The van der Waals surface area contributed by atoms with Crippen LogP contribution in [0.2, 0.25) is 0 Å². The molecule has 1 aromatic heterocycles. The Kier molecular flexibility index (Phi) is 4.27. The van der Waals surface area contributed by atoms with E-state index in [4.69, 9.17) is 0 Å². The molecule has 0 amide bonds. The highest BCUT2D eigenvalue weighted by molar-refractivity contribution is 7.10. The molecule has 1 N–H and O–H groups in total. The van der Waals surface area contributed by atoms with Gasteiger partial charge in [-0.15, -0.1) is 11.3 Å². The Labute approximate surface area is 129 Å². The van der Waals surface area contributed by atoms with E-state index in [1.807, 2.05) is 17.4 Å². The Morgan fingerprint density at radius 3 is 3.00 bits per heavy atom. The van der Waals surface area contributed by atoms with E-state index in [1.165, 1.54) is 10.4 Å². The molecule has 2 aromatic rings. The molecule has 0 fully saturated rings. The molecule has 1 aliphatic heterocycles. The summed E-state index contributed by atoms with van der Waals surface area (Å²) in [4.78, 5) is 3.86. The van der Waals surface area contributed by atoms with E-state index < -0.39 is 0 Å². The van der Waals surface area contributed by atoms with E-state index in [1.54, 1.807) is 12.1 Å². The lowest BCUT2D eigenvalue weighted by Gasteiger charge is -2.31. The number of hydrogen-bond donors (Lipinski definition) is 1. The van der Waals surface area contributed by atoms with Crippen LogP contribution in [-0.2, 0) is 19.5 Å². The zero-order valence-electron chi connectivity index (χ0n) is 12.5. The molecule has 0 unspecified atom stereocenters. The standard InChI is InChI=1S/C17H21FN2S/c1-12(2)19-10-14-9-15(18)3-4-16(14)20-7-5-17-13(11-20)6-8-21-17/h3-4,6,8-9,12,19H,5,7,10-11H2,1-2H3. The van der Waals surface area contributed by atoms with Crippen LogP contribution < -0.4 is 10.2 Å². The summed E-state index contributed by atoms with van der Waals surface area (Å²) in [6.45, 7) is 6.86. The number of rotatable bonds is 4. The van der Waals surface area contributed by atoms with E-state index in [9.17, 15) is 4.39 Å². The van der Waals surface area contributed by atoms with Crippen LogP contribution in [-0.4, -0.2) is 12.6 Å². The van der Waals surface area contributed by atoms with Gasteiger partial charge in [0.2, 0.25) is 0 Å². The molecule has 0 radical (unpaired) electrons. The van der Waals surface area contributed by atoms with Gasteiger partial charge in [-0.2, -0.15) is 0 Å². The van der Waals surface area contributed by atoms with Crippen molar-refractivity contribution in [2.45, 2.75) is 39.4 Å². The van der Waals surface area contributed by atoms with Gasteiger partial charge in [-0.05, 0) is 47.2 Å². The molecule has 21 heavy (non-hydrogen) atoms. The van der Waals surface area contributed by atoms with Gasteiger partial charge < -0.3 is 10.2 Å². The summed E-state index contributed by atoms with van der Waals surface area (Å²) in [6, 6.07) is 7.75. The van der Waals surface area contributed by atoms with Crippen molar-refractivity contribution in [3.8, 4) is 0 Å². The predicted octanol–water partition coefficient (Wildman–Crippen LogP) is 3.95. The van der Waals surface area contributed by atoms with Gasteiger partial charge in [-0.25, -0.2) is 4.39 Å². The number of hydrogen-bond acceptors (Lipinski definition) is 3. The van der Waals surface area contributed by atoms with E-state index >= 15 is 0 Å². The number of benzene rings is 1. The number of fused-ring (bicyclic) bond motifs is 1. The molecule has 0 atom stereocenters. The third kappa shape index (κ3) is 3.27. The normalized spacial score (nSPS) is 14.6. The number of nitrogens with zero attached hydrogens (tertiary/aromatic N) is 1. The number of nitrogens with one attached hydrogen (secondary N) is 1. The Bertz CT molecular complexity index is 621. The topological polar surface area (TPSA) is 15.3 Å². The van der Waals surface area contributed by atoms with Crippen molar-refractivity contribution in [3.05, 3.63) is 51.5 Å². The fourth-order valence-electron chi connectivity index (χ4n) is 2.77. The lowest BCUT2D eigenvalue weighted by molar-refractivity contribution is 0.579. The number of anilines is 1. The second kappa shape index (κ2) is 6.16. The zero-order chi connectivity index (χ0) is 14.8. The third-order valence-corrected chi connectivity index (χ3v) is 4.91. The average molecular weight is 304 g/mol. The number of thiophene rings is 1. The highest BCUT2D eigenvalue weighted by Gasteiger charge is 2.19. The molecule has 1 aromatic carbocycles. The number of halogens is 1. The van der Waals surface area contributed by atoms with Crippen molar-refractivity contribution >= 4 is 17.0 Å². The summed E-state index contributed by atoms with van der Waals surface area (Å²) < 4.78 is 13.6. The molecule has 3 rings (SSSR count). The highest BCUT2D eigenvalue weighted by Crippen LogP contribution is 2.30. The van der Waals surface area contributed by atoms with Gasteiger partial charge >= 0.3 is 0 Å². The second-order valence-corrected chi connectivity index (χ2v) is 6.85.